The van der Waals surface area contributed by atoms with Crippen LogP contribution in [-0.2, 0) is 4.74 Å². The van der Waals surface area contributed by atoms with Crippen molar-refractivity contribution >= 4 is 5.95 Å². The monoisotopic (exact) mass is 257 g/mol. The molecule has 1 unspecified atom stereocenters. The number of hydrogen-bond acceptors (Lipinski definition) is 5. The fraction of sp³-hybridized carbons (Fsp3) is 0.667. The van der Waals surface area contributed by atoms with Crippen molar-refractivity contribution < 1.29 is 13.9 Å². The maximum atomic E-state index is 13.5. The van der Waals surface area contributed by atoms with E-state index < -0.39 is 5.82 Å². The Morgan fingerprint density at radius 1 is 1.44 bits per heavy atom. The smallest absolute Gasteiger partial charge is 0.255 e. The summed E-state index contributed by atoms with van der Waals surface area (Å²) in [5.41, 5.74) is 0. The third-order valence-electron chi connectivity index (χ3n) is 2.11. The molecule has 0 radical (unpaired) electrons. The standard InChI is InChI=1S/C12H20FN3O2/c1-4-6-14-12-15-7-10(13)11(16-12)18-9(3)8-17-5-2/h7,9H,4-6,8H2,1-3H3,(H,14,15,16). The van der Waals surface area contributed by atoms with Crippen LogP contribution in [0.1, 0.15) is 27.2 Å². The highest BCUT2D eigenvalue weighted by atomic mass is 19.1. The van der Waals surface area contributed by atoms with Crippen molar-refractivity contribution in [2.75, 3.05) is 25.1 Å². The second-order valence-electron chi connectivity index (χ2n) is 3.86. The summed E-state index contributed by atoms with van der Waals surface area (Å²) >= 11 is 0. The Balaban J connectivity index is 2.62. The van der Waals surface area contributed by atoms with Gasteiger partial charge in [0.15, 0.2) is 0 Å². The van der Waals surface area contributed by atoms with Gasteiger partial charge in [0.25, 0.3) is 5.88 Å². The third kappa shape index (κ3) is 4.83. The highest BCUT2D eigenvalue weighted by molar-refractivity contribution is 5.28. The van der Waals surface area contributed by atoms with Gasteiger partial charge in [-0.1, -0.05) is 6.92 Å². The average Bonchev–Trinajstić information content (AvgIpc) is 2.37. The number of ether oxygens (including phenoxy) is 2. The minimum absolute atomic E-state index is 0.0455. The van der Waals surface area contributed by atoms with Crippen LogP contribution in [0.2, 0.25) is 0 Å². The third-order valence-corrected chi connectivity index (χ3v) is 2.11. The molecule has 0 aliphatic carbocycles. The van der Waals surface area contributed by atoms with E-state index in [0.717, 1.165) is 19.2 Å². The summed E-state index contributed by atoms with van der Waals surface area (Å²) in [7, 11) is 0. The predicted octanol–water partition coefficient (Wildman–Crippen LogP) is 2.24. The van der Waals surface area contributed by atoms with Gasteiger partial charge in [-0.25, -0.2) is 4.98 Å². The molecule has 18 heavy (non-hydrogen) atoms. The van der Waals surface area contributed by atoms with Crippen LogP contribution in [0.5, 0.6) is 5.88 Å². The molecule has 1 heterocycles. The lowest BCUT2D eigenvalue weighted by atomic mass is 10.4. The van der Waals surface area contributed by atoms with Crippen LogP contribution in [-0.4, -0.2) is 35.8 Å². The van der Waals surface area contributed by atoms with Gasteiger partial charge in [-0.2, -0.15) is 9.37 Å². The second kappa shape index (κ2) is 7.81. The molecule has 0 saturated heterocycles. The summed E-state index contributed by atoms with van der Waals surface area (Å²) in [6, 6.07) is 0. The summed E-state index contributed by atoms with van der Waals surface area (Å²) in [6.07, 6.45) is 1.79. The fourth-order valence-electron chi connectivity index (χ4n) is 1.26. The van der Waals surface area contributed by atoms with E-state index in [9.17, 15) is 4.39 Å². The first-order valence-corrected chi connectivity index (χ1v) is 6.18. The van der Waals surface area contributed by atoms with Crippen molar-refractivity contribution in [3.8, 4) is 5.88 Å². The lowest BCUT2D eigenvalue weighted by Gasteiger charge is -2.14. The zero-order valence-electron chi connectivity index (χ0n) is 11.1. The van der Waals surface area contributed by atoms with E-state index in [1.807, 2.05) is 13.8 Å². The molecule has 1 rings (SSSR count). The van der Waals surface area contributed by atoms with E-state index >= 15 is 0 Å². The van der Waals surface area contributed by atoms with E-state index in [1.165, 1.54) is 0 Å². The van der Waals surface area contributed by atoms with Gasteiger partial charge in [0.2, 0.25) is 11.8 Å². The van der Waals surface area contributed by atoms with Gasteiger partial charge in [0.05, 0.1) is 12.8 Å². The molecular weight excluding hydrogens is 237 g/mol. The molecule has 102 valence electrons. The van der Waals surface area contributed by atoms with E-state index in [0.29, 0.717) is 19.2 Å². The number of rotatable bonds is 8. The van der Waals surface area contributed by atoms with Gasteiger partial charge in [0, 0.05) is 13.2 Å². The minimum Gasteiger partial charge on any atom is -0.470 e. The van der Waals surface area contributed by atoms with Gasteiger partial charge in [0.1, 0.15) is 6.10 Å². The van der Waals surface area contributed by atoms with Crippen molar-refractivity contribution in [1.29, 1.82) is 0 Å². The number of hydrogen-bond donors (Lipinski definition) is 1. The van der Waals surface area contributed by atoms with Crippen molar-refractivity contribution in [3.05, 3.63) is 12.0 Å². The van der Waals surface area contributed by atoms with Crippen LogP contribution in [0.3, 0.4) is 0 Å². The molecule has 6 heteroatoms. The Labute approximate surface area is 107 Å². The largest absolute Gasteiger partial charge is 0.470 e. The van der Waals surface area contributed by atoms with Crippen LogP contribution < -0.4 is 10.1 Å². The summed E-state index contributed by atoms with van der Waals surface area (Å²) in [6.45, 7) is 7.46. The van der Waals surface area contributed by atoms with Crippen LogP contribution in [0.4, 0.5) is 10.3 Å². The SMILES string of the molecule is CCCNc1ncc(F)c(OC(C)COCC)n1. The minimum atomic E-state index is -0.569. The quantitative estimate of drug-likeness (QED) is 0.774. The highest BCUT2D eigenvalue weighted by Crippen LogP contribution is 2.16. The van der Waals surface area contributed by atoms with E-state index in [2.05, 4.69) is 15.3 Å². The zero-order valence-corrected chi connectivity index (χ0v) is 11.1. The first-order chi connectivity index (χ1) is 8.67. The molecule has 0 spiro atoms. The molecule has 0 aromatic carbocycles. The highest BCUT2D eigenvalue weighted by Gasteiger charge is 2.12. The molecule has 0 fully saturated rings. The summed E-state index contributed by atoms with van der Waals surface area (Å²) in [5.74, 6) is -0.243. The molecule has 0 aliphatic heterocycles. The number of anilines is 1. The summed E-state index contributed by atoms with van der Waals surface area (Å²) in [5, 5.41) is 2.98. The van der Waals surface area contributed by atoms with Crippen molar-refractivity contribution in [2.45, 2.75) is 33.3 Å². The van der Waals surface area contributed by atoms with Crippen molar-refractivity contribution in [2.24, 2.45) is 0 Å². The normalized spacial score (nSPS) is 12.2. The molecular formula is C12H20FN3O2. The average molecular weight is 257 g/mol. The number of aromatic nitrogens is 2. The zero-order chi connectivity index (χ0) is 13.4. The first-order valence-electron chi connectivity index (χ1n) is 6.18. The second-order valence-corrected chi connectivity index (χ2v) is 3.86. The molecule has 0 aliphatic rings. The Morgan fingerprint density at radius 3 is 2.89 bits per heavy atom. The summed E-state index contributed by atoms with van der Waals surface area (Å²) < 4.78 is 24.0. The molecule has 1 N–H and O–H groups in total. The summed E-state index contributed by atoms with van der Waals surface area (Å²) in [4.78, 5) is 7.82. The molecule has 1 atom stereocenters. The topological polar surface area (TPSA) is 56.3 Å². The number of nitrogens with one attached hydrogen (secondary N) is 1. The molecule has 1 aromatic heterocycles. The van der Waals surface area contributed by atoms with Gasteiger partial charge < -0.3 is 14.8 Å². The van der Waals surface area contributed by atoms with Crippen LogP contribution in [0, 0.1) is 5.82 Å². The Kier molecular flexibility index (Phi) is 6.35. The molecule has 0 saturated carbocycles. The maximum Gasteiger partial charge on any atom is 0.255 e. The number of halogens is 1. The van der Waals surface area contributed by atoms with E-state index in [4.69, 9.17) is 9.47 Å². The number of nitrogens with zero attached hydrogens (tertiary/aromatic N) is 2. The molecule has 0 amide bonds. The van der Waals surface area contributed by atoms with Gasteiger partial charge in [-0.05, 0) is 20.3 Å². The van der Waals surface area contributed by atoms with Crippen LogP contribution >= 0.6 is 0 Å². The molecule has 0 bridgehead atoms. The Hall–Kier alpha value is -1.43. The van der Waals surface area contributed by atoms with Crippen LogP contribution in [0.15, 0.2) is 6.20 Å². The molecule has 5 nitrogen and oxygen atoms in total. The fourth-order valence-corrected chi connectivity index (χ4v) is 1.26. The van der Waals surface area contributed by atoms with Crippen molar-refractivity contribution in [3.63, 3.8) is 0 Å². The van der Waals surface area contributed by atoms with Crippen molar-refractivity contribution in [1.82, 2.24) is 9.97 Å². The molecule has 1 aromatic rings. The lowest BCUT2D eigenvalue weighted by Crippen LogP contribution is -2.20. The van der Waals surface area contributed by atoms with E-state index in [1.54, 1.807) is 6.92 Å². The van der Waals surface area contributed by atoms with Gasteiger partial charge in [-0.15, -0.1) is 0 Å². The predicted molar refractivity (Wildman–Crippen MR) is 67.4 cm³/mol. The van der Waals surface area contributed by atoms with Gasteiger partial charge in [-0.3, -0.25) is 0 Å². The lowest BCUT2D eigenvalue weighted by molar-refractivity contribution is 0.0610. The van der Waals surface area contributed by atoms with Gasteiger partial charge >= 0.3 is 0 Å². The van der Waals surface area contributed by atoms with E-state index in [-0.39, 0.29) is 12.0 Å². The first kappa shape index (κ1) is 14.6. The Morgan fingerprint density at radius 2 is 2.22 bits per heavy atom. The Bertz CT molecular complexity index is 363. The van der Waals surface area contributed by atoms with Crippen LogP contribution in [0.25, 0.3) is 0 Å². The maximum absolute atomic E-state index is 13.5.